The lowest BCUT2D eigenvalue weighted by Gasteiger charge is -2.44. The first-order valence-corrected chi connectivity index (χ1v) is 7.33. The van der Waals surface area contributed by atoms with Crippen LogP contribution in [0, 0.1) is 0 Å². The molecule has 0 amide bonds. The third-order valence-corrected chi connectivity index (χ3v) is 4.53. The Morgan fingerprint density at radius 3 is 2.53 bits per heavy atom. The van der Waals surface area contributed by atoms with Gasteiger partial charge in [-0.2, -0.15) is 0 Å². The molecule has 2 aliphatic rings. The number of hydrogen-bond donors (Lipinski definition) is 1. The SMILES string of the molecule is CCC1CCCN1CC(C)(C)N1CCNCC1. The van der Waals surface area contributed by atoms with Gasteiger partial charge in [-0.05, 0) is 39.7 Å². The first-order chi connectivity index (χ1) is 8.13. The highest BCUT2D eigenvalue weighted by molar-refractivity contribution is 4.91. The topological polar surface area (TPSA) is 18.5 Å². The monoisotopic (exact) mass is 239 g/mol. The van der Waals surface area contributed by atoms with Crippen LogP contribution < -0.4 is 5.32 Å². The molecule has 0 aromatic carbocycles. The van der Waals surface area contributed by atoms with Gasteiger partial charge in [0.25, 0.3) is 0 Å². The Hall–Kier alpha value is -0.120. The van der Waals surface area contributed by atoms with Crippen molar-refractivity contribution in [2.24, 2.45) is 0 Å². The van der Waals surface area contributed by atoms with Gasteiger partial charge in [-0.15, -0.1) is 0 Å². The molecule has 1 unspecified atom stereocenters. The minimum absolute atomic E-state index is 0.333. The smallest absolute Gasteiger partial charge is 0.0281 e. The fourth-order valence-electron chi connectivity index (χ4n) is 3.43. The zero-order valence-corrected chi connectivity index (χ0v) is 11.8. The first-order valence-electron chi connectivity index (χ1n) is 7.33. The first kappa shape index (κ1) is 13.3. The predicted molar refractivity (Wildman–Crippen MR) is 73.4 cm³/mol. The van der Waals surface area contributed by atoms with Crippen LogP contribution in [0.3, 0.4) is 0 Å². The molecule has 2 rings (SSSR count). The summed E-state index contributed by atoms with van der Waals surface area (Å²) in [4.78, 5) is 5.39. The number of nitrogens with one attached hydrogen (secondary N) is 1. The molecule has 2 heterocycles. The van der Waals surface area contributed by atoms with Crippen molar-refractivity contribution in [3.63, 3.8) is 0 Å². The number of likely N-dealkylation sites (tertiary alicyclic amines) is 1. The molecule has 3 nitrogen and oxygen atoms in total. The summed E-state index contributed by atoms with van der Waals surface area (Å²) in [5.74, 6) is 0. The number of nitrogens with zero attached hydrogens (tertiary/aromatic N) is 2. The summed E-state index contributed by atoms with van der Waals surface area (Å²) >= 11 is 0. The zero-order chi connectivity index (χ0) is 12.3. The van der Waals surface area contributed by atoms with Gasteiger partial charge in [0.1, 0.15) is 0 Å². The summed E-state index contributed by atoms with van der Waals surface area (Å²) in [5, 5.41) is 3.45. The predicted octanol–water partition coefficient (Wildman–Crippen LogP) is 1.54. The second kappa shape index (κ2) is 5.68. The van der Waals surface area contributed by atoms with Gasteiger partial charge in [0.15, 0.2) is 0 Å². The molecule has 2 fully saturated rings. The maximum Gasteiger partial charge on any atom is 0.0281 e. The normalized spacial score (nSPS) is 28.8. The van der Waals surface area contributed by atoms with Crippen molar-refractivity contribution in [1.82, 2.24) is 15.1 Å². The molecule has 17 heavy (non-hydrogen) atoms. The van der Waals surface area contributed by atoms with Gasteiger partial charge in [0.05, 0.1) is 0 Å². The van der Waals surface area contributed by atoms with Crippen LogP contribution in [0.25, 0.3) is 0 Å². The van der Waals surface area contributed by atoms with E-state index in [1.807, 2.05) is 0 Å². The maximum absolute atomic E-state index is 3.45. The lowest BCUT2D eigenvalue weighted by molar-refractivity contribution is 0.0582. The average molecular weight is 239 g/mol. The van der Waals surface area contributed by atoms with Crippen LogP contribution in [-0.4, -0.2) is 60.6 Å². The summed E-state index contributed by atoms with van der Waals surface area (Å²) in [6.45, 7) is 14.4. The summed E-state index contributed by atoms with van der Waals surface area (Å²) in [6.07, 6.45) is 4.13. The summed E-state index contributed by atoms with van der Waals surface area (Å²) in [6, 6.07) is 0.845. The Morgan fingerprint density at radius 1 is 1.18 bits per heavy atom. The van der Waals surface area contributed by atoms with Gasteiger partial charge >= 0.3 is 0 Å². The van der Waals surface area contributed by atoms with E-state index < -0.39 is 0 Å². The van der Waals surface area contributed by atoms with E-state index in [2.05, 4.69) is 35.9 Å². The van der Waals surface area contributed by atoms with Gasteiger partial charge in [-0.25, -0.2) is 0 Å². The third kappa shape index (κ3) is 3.21. The lowest BCUT2D eigenvalue weighted by atomic mass is 10.00. The van der Waals surface area contributed by atoms with E-state index in [4.69, 9.17) is 0 Å². The highest BCUT2D eigenvalue weighted by atomic mass is 15.3. The Balaban J connectivity index is 1.90. The average Bonchev–Trinajstić information content (AvgIpc) is 2.77. The van der Waals surface area contributed by atoms with Gasteiger partial charge < -0.3 is 5.32 Å². The Labute approximate surface area is 107 Å². The maximum atomic E-state index is 3.45. The second-order valence-corrected chi connectivity index (χ2v) is 6.22. The molecule has 2 aliphatic heterocycles. The molecule has 100 valence electrons. The van der Waals surface area contributed by atoms with Crippen molar-refractivity contribution in [3.8, 4) is 0 Å². The minimum atomic E-state index is 0.333. The Morgan fingerprint density at radius 2 is 1.88 bits per heavy atom. The van der Waals surface area contributed by atoms with Gasteiger partial charge in [0, 0.05) is 44.3 Å². The van der Waals surface area contributed by atoms with Crippen LogP contribution >= 0.6 is 0 Å². The zero-order valence-electron chi connectivity index (χ0n) is 11.8. The molecule has 0 bridgehead atoms. The molecular weight excluding hydrogens is 210 g/mol. The van der Waals surface area contributed by atoms with E-state index in [1.165, 1.54) is 45.4 Å². The van der Waals surface area contributed by atoms with Crippen molar-refractivity contribution in [2.45, 2.75) is 51.6 Å². The van der Waals surface area contributed by atoms with Gasteiger partial charge in [0.2, 0.25) is 0 Å². The van der Waals surface area contributed by atoms with Crippen molar-refractivity contribution in [1.29, 1.82) is 0 Å². The molecule has 0 radical (unpaired) electrons. The standard InChI is InChI=1S/C14H29N3/c1-4-13-6-5-9-16(13)12-14(2,3)17-10-7-15-8-11-17/h13,15H,4-12H2,1-3H3. The number of rotatable bonds is 4. The molecule has 3 heteroatoms. The summed E-state index contributed by atoms with van der Waals surface area (Å²) in [5.41, 5.74) is 0.333. The quantitative estimate of drug-likeness (QED) is 0.803. The van der Waals surface area contributed by atoms with Crippen LogP contribution in [0.15, 0.2) is 0 Å². The summed E-state index contributed by atoms with van der Waals surface area (Å²) < 4.78 is 0. The highest BCUT2D eigenvalue weighted by Gasteiger charge is 2.33. The van der Waals surface area contributed by atoms with Crippen LogP contribution in [0.1, 0.15) is 40.0 Å². The van der Waals surface area contributed by atoms with Crippen molar-refractivity contribution in [3.05, 3.63) is 0 Å². The number of hydrogen-bond acceptors (Lipinski definition) is 3. The highest BCUT2D eigenvalue weighted by Crippen LogP contribution is 2.25. The molecule has 0 aromatic heterocycles. The van der Waals surface area contributed by atoms with Crippen LogP contribution in [0.2, 0.25) is 0 Å². The second-order valence-electron chi connectivity index (χ2n) is 6.22. The molecule has 1 atom stereocenters. The number of piperazine rings is 1. The Bertz CT molecular complexity index is 234. The lowest BCUT2D eigenvalue weighted by Crippen LogP contribution is -2.58. The fraction of sp³-hybridized carbons (Fsp3) is 1.00. The van der Waals surface area contributed by atoms with E-state index in [-0.39, 0.29) is 0 Å². The molecule has 2 saturated heterocycles. The van der Waals surface area contributed by atoms with E-state index in [0.717, 1.165) is 19.1 Å². The Kier molecular flexibility index (Phi) is 4.45. The van der Waals surface area contributed by atoms with Crippen LogP contribution in [0.5, 0.6) is 0 Å². The largest absolute Gasteiger partial charge is 0.314 e. The van der Waals surface area contributed by atoms with Crippen molar-refractivity contribution < 1.29 is 0 Å². The van der Waals surface area contributed by atoms with E-state index in [9.17, 15) is 0 Å². The van der Waals surface area contributed by atoms with Gasteiger partial charge in [-0.3, -0.25) is 9.80 Å². The van der Waals surface area contributed by atoms with E-state index in [1.54, 1.807) is 0 Å². The fourth-order valence-corrected chi connectivity index (χ4v) is 3.43. The molecule has 0 spiro atoms. The van der Waals surface area contributed by atoms with Crippen molar-refractivity contribution >= 4 is 0 Å². The third-order valence-electron chi connectivity index (χ3n) is 4.53. The summed E-state index contributed by atoms with van der Waals surface area (Å²) in [7, 11) is 0. The molecular formula is C14H29N3. The van der Waals surface area contributed by atoms with Crippen LogP contribution in [0.4, 0.5) is 0 Å². The molecule has 0 aliphatic carbocycles. The van der Waals surface area contributed by atoms with E-state index in [0.29, 0.717) is 5.54 Å². The molecule has 0 aromatic rings. The van der Waals surface area contributed by atoms with Gasteiger partial charge in [-0.1, -0.05) is 6.92 Å². The van der Waals surface area contributed by atoms with Crippen LogP contribution in [-0.2, 0) is 0 Å². The van der Waals surface area contributed by atoms with E-state index >= 15 is 0 Å². The van der Waals surface area contributed by atoms with Crippen molar-refractivity contribution in [2.75, 3.05) is 39.3 Å². The molecule has 0 saturated carbocycles. The molecule has 1 N–H and O–H groups in total. The minimum Gasteiger partial charge on any atom is -0.314 e.